The van der Waals surface area contributed by atoms with Crippen molar-refractivity contribution in [2.75, 3.05) is 13.7 Å². The summed E-state index contributed by atoms with van der Waals surface area (Å²) in [6.07, 6.45) is 4.97. The summed E-state index contributed by atoms with van der Waals surface area (Å²) in [4.78, 5) is 0. The van der Waals surface area contributed by atoms with Crippen molar-refractivity contribution in [2.45, 2.75) is 32.6 Å². The van der Waals surface area contributed by atoms with E-state index in [0.29, 0.717) is 5.92 Å². The van der Waals surface area contributed by atoms with Gasteiger partial charge in [-0.05, 0) is 42.5 Å². The maximum atomic E-state index is 5.78. The van der Waals surface area contributed by atoms with Crippen LogP contribution in [0.15, 0.2) is 18.2 Å². The van der Waals surface area contributed by atoms with Crippen LogP contribution in [0.25, 0.3) is 0 Å². The molecule has 0 spiro atoms. The Labute approximate surface area is 97.6 Å². The van der Waals surface area contributed by atoms with Gasteiger partial charge in [-0.1, -0.05) is 19.8 Å². The molecule has 0 saturated heterocycles. The van der Waals surface area contributed by atoms with E-state index in [4.69, 9.17) is 9.47 Å². The summed E-state index contributed by atoms with van der Waals surface area (Å²) in [6.45, 7) is 3.11. The molecule has 2 heteroatoms. The molecule has 88 valence electrons. The second-order valence-electron chi connectivity index (χ2n) is 4.50. The average Bonchev–Trinajstić information content (AvgIpc) is 2.35. The van der Waals surface area contributed by atoms with Crippen LogP contribution < -0.4 is 9.47 Å². The Bertz CT molecular complexity index is 347. The molecule has 1 aromatic rings. The second-order valence-corrected chi connectivity index (χ2v) is 4.50. The molecule has 2 nitrogen and oxygen atoms in total. The van der Waals surface area contributed by atoms with Crippen LogP contribution in [0.5, 0.6) is 11.5 Å². The molecule has 1 aliphatic rings. The maximum Gasteiger partial charge on any atom is 0.122 e. The molecule has 0 bridgehead atoms. The zero-order valence-electron chi connectivity index (χ0n) is 10.2. The van der Waals surface area contributed by atoms with Crippen molar-refractivity contribution in [3.8, 4) is 11.5 Å². The quantitative estimate of drug-likeness (QED) is 0.774. The first-order valence-electron chi connectivity index (χ1n) is 6.13. The number of hydrogen-bond acceptors (Lipinski definition) is 2. The lowest BCUT2D eigenvalue weighted by molar-refractivity contribution is 0.211. The van der Waals surface area contributed by atoms with Gasteiger partial charge in [0.15, 0.2) is 0 Å². The predicted molar refractivity (Wildman–Crippen MR) is 65.2 cm³/mol. The van der Waals surface area contributed by atoms with E-state index in [0.717, 1.165) is 24.5 Å². The van der Waals surface area contributed by atoms with Crippen molar-refractivity contribution >= 4 is 0 Å². The van der Waals surface area contributed by atoms with Crippen LogP contribution in [0.3, 0.4) is 0 Å². The lowest BCUT2D eigenvalue weighted by Crippen LogP contribution is -2.20. The van der Waals surface area contributed by atoms with Crippen molar-refractivity contribution in [3.05, 3.63) is 23.8 Å². The largest absolute Gasteiger partial charge is 0.497 e. The molecule has 1 aliphatic heterocycles. The fourth-order valence-corrected chi connectivity index (χ4v) is 2.24. The number of benzene rings is 1. The van der Waals surface area contributed by atoms with Gasteiger partial charge in [0, 0.05) is 0 Å². The Hall–Kier alpha value is -1.18. The fourth-order valence-electron chi connectivity index (χ4n) is 2.24. The zero-order chi connectivity index (χ0) is 11.4. The monoisotopic (exact) mass is 220 g/mol. The second kappa shape index (κ2) is 5.24. The molecule has 0 radical (unpaired) electrons. The highest BCUT2D eigenvalue weighted by Gasteiger charge is 2.19. The van der Waals surface area contributed by atoms with E-state index in [1.54, 1.807) is 7.11 Å². The highest BCUT2D eigenvalue weighted by molar-refractivity contribution is 5.41. The van der Waals surface area contributed by atoms with E-state index < -0.39 is 0 Å². The molecule has 0 saturated carbocycles. The van der Waals surface area contributed by atoms with Crippen LogP contribution in [0.2, 0.25) is 0 Å². The van der Waals surface area contributed by atoms with Crippen LogP contribution in [0.4, 0.5) is 0 Å². The fraction of sp³-hybridized carbons (Fsp3) is 0.571. The Morgan fingerprint density at radius 3 is 3.06 bits per heavy atom. The topological polar surface area (TPSA) is 18.5 Å². The van der Waals surface area contributed by atoms with Gasteiger partial charge in [-0.3, -0.25) is 0 Å². The van der Waals surface area contributed by atoms with E-state index in [9.17, 15) is 0 Å². The average molecular weight is 220 g/mol. The van der Waals surface area contributed by atoms with Gasteiger partial charge in [0.1, 0.15) is 11.5 Å². The van der Waals surface area contributed by atoms with Crippen molar-refractivity contribution in [3.63, 3.8) is 0 Å². The molecule has 1 atom stereocenters. The number of ether oxygens (including phenoxy) is 2. The number of methoxy groups -OCH3 is 1. The molecule has 16 heavy (non-hydrogen) atoms. The van der Waals surface area contributed by atoms with Gasteiger partial charge < -0.3 is 9.47 Å². The first kappa shape index (κ1) is 11.3. The molecule has 0 N–H and O–H groups in total. The van der Waals surface area contributed by atoms with Gasteiger partial charge in [-0.15, -0.1) is 0 Å². The van der Waals surface area contributed by atoms with Crippen molar-refractivity contribution in [1.29, 1.82) is 0 Å². The Balaban J connectivity index is 2.06. The van der Waals surface area contributed by atoms with E-state index >= 15 is 0 Å². The van der Waals surface area contributed by atoms with E-state index in [2.05, 4.69) is 13.0 Å². The molecular weight excluding hydrogens is 200 g/mol. The third-order valence-electron chi connectivity index (χ3n) is 3.22. The molecule has 1 heterocycles. The van der Waals surface area contributed by atoms with Crippen LogP contribution in [0.1, 0.15) is 31.7 Å². The van der Waals surface area contributed by atoms with Gasteiger partial charge in [-0.2, -0.15) is 0 Å². The third kappa shape index (κ3) is 2.49. The van der Waals surface area contributed by atoms with Crippen LogP contribution in [0, 0.1) is 5.92 Å². The van der Waals surface area contributed by atoms with Crippen LogP contribution >= 0.6 is 0 Å². The predicted octanol–water partition coefficient (Wildman–Crippen LogP) is 3.44. The zero-order valence-corrected chi connectivity index (χ0v) is 10.2. The van der Waals surface area contributed by atoms with Crippen molar-refractivity contribution < 1.29 is 9.47 Å². The molecule has 1 aromatic carbocycles. The summed E-state index contributed by atoms with van der Waals surface area (Å²) in [5.74, 6) is 2.64. The summed E-state index contributed by atoms with van der Waals surface area (Å²) in [5.41, 5.74) is 1.30. The number of unbranched alkanes of at least 4 members (excludes halogenated alkanes) is 1. The summed E-state index contributed by atoms with van der Waals surface area (Å²) in [6, 6.07) is 6.09. The summed E-state index contributed by atoms with van der Waals surface area (Å²) in [7, 11) is 1.71. The number of rotatable bonds is 4. The number of fused-ring (bicyclic) bond motifs is 1. The molecule has 0 aliphatic carbocycles. The SMILES string of the molecule is CCCCC1COc2ccc(OC)cc2C1. The lowest BCUT2D eigenvalue weighted by Gasteiger charge is -2.25. The summed E-state index contributed by atoms with van der Waals surface area (Å²) < 4.78 is 11.0. The van der Waals surface area contributed by atoms with Crippen LogP contribution in [-0.2, 0) is 6.42 Å². The Morgan fingerprint density at radius 1 is 1.44 bits per heavy atom. The third-order valence-corrected chi connectivity index (χ3v) is 3.22. The molecule has 1 unspecified atom stereocenters. The standard InChI is InChI=1S/C14H20O2/c1-3-4-5-11-8-12-9-13(15-2)6-7-14(12)16-10-11/h6-7,9,11H,3-5,8,10H2,1-2H3. The summed E-state index contributed by atoms with van der Waals surface area (Å²) in [5, 5.41) is 0. The van der Waals surface area contributed by atoms with E-state index in [1.807, 2.05) is 12.1 Å². The lowest BCUT2D eigenvalue weighted by atomic mass is 9.92. The number of hydrogen-bond donors (Lipinski definition) is 0. The minimum Gasteiger partial charge on any atom is -0.497 e. The van der Waals surface area contributed by atoms with E-state index in [-0.39, 0.29) is 0 Å². The van der Waals surface area contributed by atoms with Gasteiger partial charge >= 0.3 is 0 Å². The first-order chi connectivity index (χ1) is 7.83. The summed E-state index contributed by atoms with van der Waals surface area (Å²) >= 11 is 0. The molecule has 0 aromatic heterocycles. The maximum absolute atomic E-state index is 5.78. The minimum atomic E-state index is 0.680. The van der Waals surface area contributed by atoms with E-state index in [1.165, 1.54) is 24.8 Å². The van der Waals surface area contributed by atoms with Gasteiger partial charge in [-0.25, -0.2) is 0 Å². The Morgan fingerprint density at radius 2 is 2.31 bits per heavy atom. The Kier molecular flexibility index (Phi) is 3.70. The normalized spacial score (nSPS) is 18.8. The van der Waals surface area contributed by atoms with Crippen molar-refractivity contribution in [1.82, 2.24) is 0 Å². The smallest absolute Gasteiger partial charge is 0.122 e. The van der Waals surface area contributed by atoms with Gasteiger partial charge in [0.05, 0.1) is 13.7 Å². The van der Waals surface area contributed by atoms with Gasteiger partial charge in [0.25, 0.3) is 0 Å². The van der Waals surface area contributed by atoms with Crippen LogP contribution in [-0.4, -0.2) is 13.7 Å². The van der Waals surface area contributed by atoms with Crippen molar-refractivity contribution in [2.24, 2.45) is 5.92 Å². The molecule has 0 fully saturated rings. The highest BCUT2D eigenvalue weighted by atomic mass is 16.5. The minimum absolute atomic E-state index is 0.680. The first-order valence-corrected chi connectivity index (χ1v) is 6.13. The van der Waals surface area contributed by atoms with Gasteiger partial charge in [0.2, 0.25) is 0 Å². The molecule has 2 rings (SSSR count). The molecular formula is C14H20O2. The molecule has 0 amide bonds. The highest BCUT2D eigenvalue weighted by Crippen LogP contribution is 2.32.